The van der Waals surface area contributed by atoms with Gasteiger partial charge in [0, 0.05) is 23.7 Å². The van der Waals surface area contributed by atoms with Gasteiger partial charge in [-0.15, -0.1) is 0 Å². The lowest BCUT2D eigenvalue weighted by atomic mass is 9.54. The van der Waals surface area contributed by atoms with Gasteiger partial charge in [-0.3, -0.25) is 0 Å². The molecule has 0 amide bonds. The van der Waals surface area contributed by atoms with Crippen LogP contribution in [0.2, 0.25) is 0 Å². The summed E-state index contributed by atoms with van der Waals surface area (Å²) >= 11 is 0. The molecule has 9 rings (SSSR count). The first kappa shape index (κ1) is 25.0. The van der Waals surface area contributed by atoms with Gasteiger partial charge < -0.3 is 0 Å². The second kappa shape index (κ2) is 10.6. The molecule has 4 aromatic carbocycles. The van der Waals surface area contributed by atoms with Gasteiger partial charge >= 0.3 is 0 Å². The highest BCUT2D eigenvalue weighted by molar-refractivity contribution is 5.56. The Kier molecular flexibility index (Phi) is 6.33. The van der Waals surface area contributed by atoms with Gasteiger partial charge in [0.2, 0.25) is 12.7 Å². The summed E-state index contributed by atoms with van der Waals surface area (Å²) in [5, 5.41) is 0. The highest BCUT2D eigenvalue weighted by Crippen LogP contribution is 2.59. The van der Waals surface area contributed by atoms with Crippen LogP contribution in [0.5, 0.6) is 0 Å². The number of rotatable bonds is 8. The lowest BCUT2D eigenvalue weighted by Crippen LogP contribution is -2.43. The fraction of sp³-hybridized carbons (Fsp3) is 0.211. The highest BCUT2D eigenvalue weighted by atomic mass is 15.1. The van der Waals surface area contributed by atoms with Crippen LogP contribution in [0.25, 0.3) is 0 Å². The Balaban J connectivity index is 1.14. The van der Waals surface area contributed by atoms with Crippen molar-refractivity contribution in [1.82, 2.24) is 9.13 Å². The van der Waals surface area contributed by atoms with Crippen molar-refractivity contribution in [3.8, 4) is 0 Å². The van der Waals surface area contributed by atoms with Gasteiger partial charge in [-0.1, -0.05) is 109 Å². The number of hydrogen-bond acceptors (Lipinski definition) is 0. The molecule has 2 heterocycles. The van der Waals surface area contributed by atoms with E-state index in [2.05, 4.69) is 165 Å². The van der Waals surface area contributed by atoms with Crippen LogP contribution in [0.3, 0.4) is 0 Å². The van der Waals surface area contributed by atoms with Gasteiger partial charge in [-0.05, 0) is 33.4 Å². The molecule has 0 aliphatic heterocycles. The number of imidazole rings is 2. The predicted octanol–water partition coefficient (Wildman–Crippen LogP) is 6.18. The van der Waals surface area contributed by atoms with E-state index in [4.69, 9.17) is 0 Å². The number of nitrogens with zero attached hydrogens (tertiary/aromatic N) is 4. The van der Waals surface area contributed by atoms with Crippen molar-refractivity contribution < 1.29 is 9.13 Å². The van der Waals surface area contributed by atoms with Crippen molar-refractivity contribution in [3.63, 3.8) is 0 Å². The fourth-order valence-electron chi connectivity index (χ4n) is 7.74. The lowest BCUT2D eigenvalue weighted by molar-refractivity contribution is -0.688. The maximum Gasteiger partial charge on any atom is 0.244 e. The Morgan fingerprint density at radius 3 is 1.19 bits per heavy atom. The number of fused-ring (bicyclic) bond motifs is 1. The molecule has 2 atom stereocenters. The van der Waals surface area contributed by atoms with Crippen LogP contribution >= 0.6 is 0 Å². The monoisotopic (exact) mass is 548 g/mol. The number of hydrogen-bond donors (Lipinski definition) is 0. The summed E-state index contributed by atoms with van der Waals surface area (Å²) in [5.74, 6) is 1.76. The molecule has 3 aliphatic carbocycles. The standard InChI is InChI=1S/C38H36N4/c1-3-11-29(12-4-1)23-39-19-21-41(27-39)25-35-36(26-42-22-20-40(28-42)24-30-13-5-2-6-14-30)38-33-17-9-7-15-31(33)37(35)32-16-8-10-18-34(32)38/h1-22,27-28,35-38H,23-26H2/q+2. The van der Waals surface area contributed by atoms with Crippen LogP contribution in [0, 0.1) is 11.8 Å². The van der Waals surface area contributed by atoms with Crippen LogP contribution in [0.4, 0.5) is 0 Å². The topological polar surface area (TPSA) is 17.6 Å². The van der Waals surface area contributed by atoms with E-state index in [1.54, 1.807) is 0 Å². The van der Waals surface area contributed by atoms with Gasteiger partial charge in [0.15, 0.2) is 0 Å². The molecule has 2 aromatic heterocycles. The van der Waals surface area contributed by atoms with Gasteiger partial charge in [0.25, 0.3) is 0 Å². The van der Waals surface area contributed by atoms with Crippen LogP contribution in [-0.2, 0) is 26.2 Å². The van der Waals surface area contributed by atoms with Crippen molar-refractivity contribution in [2.75, 3.05) is 0 Å². The van der Waals surface area contributed by atoms with Crippen molar-refractivity contribution >= 4 is 0 Å². The van der Waals surface area contributed by atoms with E-state index in [0.717, 1.165) is 26.2 Å². The van der Waals surface area contributed by atoms with Gasteiger partial charge in [-0.25, -0.2) is 18.3 Å². The maximum atomic E-state index is 2.43. The second-order valence-corrected chi connectivity index (χ2v) is 12.1. The SMILES string of the molecule is c1ccc(C[n+]2ccn(CC3C4c5ccccc5C(c5ccccc54)C3Cn3cc[n+](Cc4ccccc4)c3)c2)cc1. The first-order valence-electron chi connectivity index (χ1n) is 15.2. The molecule has 0 saturated carbocycles. The number of aromatic nitrogens is 4. The van der Waals surface area contributed by atoms with Crippen LogP contribution < -0.4 is 9.13 Å². The van der Waals surface area contributed by atoms with Crippen molar-refractivity contribution in [1.29, 1.82) is 0 Å². The van der Waals surface area contributed by atoms with Crippen LogP contribution in [0.1, 0.15) is 45.2 Å². The minimum Gasteiger partial charge on any atom is -0.236 e. The third-order valence-corrected chi connectivity index (χ3v) is 9.49. The van der Waals surface area contributed by atoms with E-state index >= 15 is 0 Å². The van der Waals surface area contributed by atoms with E-state index in [9.17, 15) is 0 Å². The molecule has 0 spiro atoms. The zero-order valence-electron chi connectivity index (χ0n) is 23.8. The first-order chi connectivity index (χ1) is 20.8. The Bertz CT molecular complexity index is 1640. The molecule has 206 valence electrons. The molecule has 0 saturated heterocycles. The minimum atomic E-state index is 0.393. The quantitative estimate of drug-likeness (QED) is 0.202. The molecule has 42 heavy (non-hydrogen) atoms. The normalized spacial score (nSPS) is 20.3. The smallest absolute Gasteiger partial charge is 0.236 e. The largest absolute Gasteiger partial charge is 0.244 e. The van der Waals surface area contributed by atoms with Crippen molar-refractivity contribution in [2.24, 2.45) is 11.8 Å². The Morgan fingerprint density at radius 2 is 0.810 bits per heavy atom. The zero-order chi connectivity index (χ0) is 27.9. The van der Waals surface area contributed by atoms with Gasteiger partial charge in [0.05, 0.1) is 13.1 Å². The molecule has 3 aliphatic rings. The molecule has 0 fully saturated rings. The van der Waals surface area contributed by atoms with Crippen molar-refractivity contribution in [2.45, 2.75) is 38.0 Å². The molecule has 2 unspecified atom stereocenters. The summed E-state index contributed by atoms with van der Waals surface area (Å²) in [4.78, 5) is 0. The molecule has 4 heteroatoms. The van der Waals surface area contributed by atoms with Gasteiger partial charge in [-0.2, -0.15) is 0 Å². The Morgan fingerprint density at radius 1 is 0.452 bits per heavy atom. The van der Waals surface area contributed by atoms with Crippen LogP contribution in [-0.4, -0.2) is 9.13 Å². The van der Waals surface area contributed by atoms with E-state index in [0.29, 0.717) is 23.7 Å². The molecule has 4 nitrogen and oxygen atoms in total. The maximum absolute atomic E-state index is 2.43. The predicted molar refractivity (Wildman–Crippen MR) is 164 cm³/mol. The number of benzene rings is 4. The Hall–Kier alpha value is -4.70. The minimum absolute atomic E-state index is 0.393. The third-order valence-electron chi connectivity index (χ3n) is 9.49. The van der Waals surface area contributed by atoms with E-state index < -0.39 is 0 Å². The molecular formula is C38H36N4+2. The molecule has 0 N–H and O–H groups in total. The van der Waals surface area contributed by atoms with Crippen LogP contribution in [0.15, 0.2) is 147 Å². The van der Waals surface area contributed by atoms with E-state index in [1.807, 2.05) is 0 Å². The molecule has 2 bridgehead atoms. The summed E-state index contributed by atoms with van der Waals surface area (Å²) < 4.78 is 9.48. The third kappa shape index (κ3) is 4.57. The summed E-state index contributed by atoms with van der Waals surface area (Å²) in [6, 6.07) is 40.0. The molecule has 6 aromatic rings. The average Bonchev–Trinajstić information content (AvgIpc) is 3.68. The first-order valence-corrected chi connectivity index (χ1v) is 15.2. The summed E-state index contributed by atoms with van der Waals surface area (Å²) in [5.41, 5.74) is 8.76. The van der Waals surface area contributed by atoms with E-state index in [-0.39, 0.29) is 0 Å². The van der Waals surface area contributed by atoms with E-state index in [1.165, 1.54) is 33.4 Å². The molecule has 0 radical (unpaired) electrons. The highest BCUT2D eigenvalue weighted by Gasteiger charge is 2.51. The van der Waals surface area contributed by atoms with Gasteiger partial charge in [0.1, 0.15) is 37.9 Å². The second-order valence-electron chi connectivity index (χ2n) is 12.1. The average molecular weight is 549 g/mol. The van der Waals surface area contributed by atoms with Crippen molar-refractivity contribution in [3.05, 3.63) is 180 Å². The summed E-state index contributed by atoms with van der Waals surface area (Å²) in [6.45, 7) is 3.79. The summed E-state index contributed by atoms with van der Waals surface area (Å²) in [7, 11) is 0. The lowest BCUT2D eigenvalue weighted by Gasteiger charge is -2.49. The Labute approximate surface area is 247 Å². The molecular weight excluding hydrogens is 512 g/mol. The zero-order valence-corrected chi connectivity index (χ0v) is 23.8. The fourth-order valence-corrected chi connectivity index (χ4v) is 7.74. The summed E-state index contributed by atoms with van der Waals surface area (Å²) in [6.07, 6.45) is 13.6.